The van der Waals surface area contributed by atoms with Crippen molar-refractivity contribution >= 4 is 10.9 Å². The number of hydrogen-bond donors (Lipinski definition) is 1. The van der Waals surface area contributed by atoms with Crippen LogP contribution in [0.5, 0.6) is 5.75 Å². The Morgan fingerprint density at radius 3 is 2.53 bits per heavy atom. The van der Waals surface area contributed by atoms with Crippen LogP contribution in [-0.4, -0.2) is 25.6 Å². The van der Waals surface area contributed by atoms with E-state index in [1.54, 1.807) is 0 Å². The van der Waals surface area contributed by atoms with Crippen LogP contribution in [0, 0.1) is 0 Å². The lowest BCUT2D eigenvalue weighted by Gasteiger charge is -2.13. The largest absolute Gasteiger partial charge is 0.487 e. The van der Waals surface area contributed by atoms with Crippen molar-refractivity contribution in [3.05, 3.63) is 113 Å². The minimum Gasteiger partial charge on any atom is -0.487 e. The molecule has 6 heteroatoms. The van der Waals surface area contributed by atoms with Gasteiger partial charge in [-0.3, -0.25) is 0 Å². The van der Waals surface area contributed by atoms with Gasteiger partial charge in [0, 0.05) is 11.8 Å². The number of aromatic nitrogens is 5. The zero-order chi connectivity index (χ0) is 24.6. The Morgan fingerprint density at radius 1 is 0.833 bits per heavy atom. The summed E-state index contributed by atoms with van der Waals surface area (Å²) < 4.78 is 6.06. The fraction of sp³-hybridized carbons (Fsp3) is 0.267. The lowest BCUT2D eigenvalue weighted by Crippen LogP contribution is -2.00. The predicted molar refractivity (Wildman–Crippen MR) is 142 cm³/mol. The van der Waals surface area contributed by atoms with Crippen LogP contribution in [0.2, 0.25) is 0 Å². The van der Waals surface area contributed by atoms with Crippen LogP contribution >= 0.6 is 0 Å². The maximum Gasteiger partial charge on any atom is 0.148 e. The summed E-state index contributed by atoms with van der Waals surface area (Å²) >= 11 is 0. The summed E-state index contributed by atoms with van der Waals surface area (Å²) in [7, 11) is 0. The van der Waals surface area contributed by atoms with E-state index in [0.29, 0.717) is 12.5 Å². The molecule has 0 saturated heterocycles. The number of rotatable bonds is 11. The average molecular weight is 478 g/mol. The van der Waals surface area contributed by atoms with Crippen LogP contribution in [0.25, 0.3) is 10.9 Å². The van der Waals surface area contributed by atoms with Crippen molar-refractivity contribution in [3.8, 4) is 5.75 Å². The third-order valence-electron chi connectivity index (χ3n) is 6.60. The number of aryl methyl sites for hydroxylation is 3. The van der Waals surface area contributed by atoms with Gasteiger partial charge in [0.25, 0.3) is 0 Å². The predicted octanol–water partition coefficient (Wildman–Crippen LogP) is 6.24. The van der Waals surface area contributed by atoms with Gasteiger partial charge in [-0.2, -0.15) is 0 Å². The number of pyridine rings is 1. The van der Waals surface area contributed by atoms with Gasteiger partial charge in [-0.1, -0.05) is 67.6 Å². The van der Waals surface area contributed by atoms with Crippen molar-refractivity contribution < 1.29 is 4.74 Å². The molecule has 5 aromatic rings. The first-order chi connectivity index (χ1) is 17.7. The molecule has 0 bridgehead atoms. The number of fused-ring (bicyclic) bond motifs is 1. The number of nitrogens with zero attached hydrogens (tertiary/aromatic N) is 4. The van der Waals surface area contributed by atoms with Crippen LogP contribution in [0.15, 0.2) is 84.9 Å². The SMILES string of the molecule is CC(CCc1nnn[nH]1)c1cccc(CCCc2cccc(OCc3ccc4ccccc4n3)c2)c1. The Labute approximate surface area is 211 Å². The molecule has 0 fully saturated rings. The monoisotopic (exact) mass is 477 g/mol. The number of para-hydroxylation sites is 1. The zero-order valence-electron chi connectivity index (χ0n) is 20.6. The molecule has 1 N–H and O–H groups in total. The summed E-state index contributed by atoms with van der Waals surface area (Å²) in [4.78, 5) is 4.70. The number of aromatic amines is 1. The summed E-state index contributed by atoms with van der Waals surface area (Å²) in [5.41, 5.74) is 5.99. The van der Waals surface area contributed by atoms with Crippen molar-refractivity contribution in [3.63, 3.8) is 0 Å². The van der Waals surface area contributed by atoms with Gasteiger partial charge in [-0.25, -0.2) is 10.1 Å². The van der Waals surface area contributed by atoms with Gasteiger partial charge < -0.3 is 4.74 Å². The van der Waals surface area contributed by atoms with Crippen LogP contribution in [0.1, 0.15) is 53.9 Å². The molecule has 1 unspecified atom stereocenters. The highest BCUT2D eigenvalue weighted by molar-refractivity contribution is 5.78. The maximum atomic E-state index is 6.06. The number of nitrogens with one attached hydrogen (secondary N) is 1. The van der Waals surface area contributed by atoms with Gasteiger partial charge in [0.1, 0.15) is 18.2 Å². The Morgan fingerprint density at radius 2 is 1.67 bits per heavy atom. The van der Waals surface area contributed by atoms with E-state index < -0.39 is 0 Å². The molecule has 6 nitrogen and oxygen atoms in total. The van der Waals surface area contributed by atoms with Crippen LogP contribution in [0.3, 0.4) is 0 Å². The Kier molecular flexibility index (Phi) is 7.61. The smallest absolute Gasteiger partial charge is 0.148 e. The lowest BCUT2D eigenvalue weighted by atomic mass is 9.93. The van der Waals surface area contributed by atoms with Gasteiger partial charge in [0.15, 0.2) is 0 Å². The fourth-order valence-corrected chi connectivity index (χ4v) is 4.49. The molecule has 0 radical (unpaired) electrons. The van der Waals surface area contributed by atoms with Crippen molar-refractivity contribution in [2.24, 2.45) is 0 Å². The Hall–Kier alpha value is -4.06. The molecule has 182 valence electrons. The molecular formula is C30H31N5O. The minimum atomic E-state index is 0.459. The molecule has 0 aliphatic rings. The van der Waals surface area contributed by atoms with Gasteiger partial charge in [0.2, 0.25) is 0 Å². The second-order valence-corrected chi connectivity index (χ2v) is 9.32. The third-order valence-corrected chi connectivity index (χ3v) is 6.60. The molecule has 0 aliphatic carbocycles. The van der Waals surface area contributed by atoms with Crippen molar-refractivity contribution in [2.45, 2.75) is 51.6 Å². The molecule has 5 rings (SSSR count). The van der Waals surface area contributed by atoms with Crippen molar-refractivity contribution in [2.75, 3.05) is 0 Å². The second kappa shape index (κ2) is 11.6. The molecule has 0 saturated carbocycles. The number of tetrazole rings is 1. The van der Waals surface area contributed by atoms with Crippen LogP contribution < -0.4 is 4.74 Å². The molecular weight excluding hydrogens is 446 g/mol. The summed E-state index contributed by atoms with van der Waals surface area (Å²) in [6.07, 6.45) is 5.04. The number of hydrogen-bond acceptors (Lipinski definition) is 5. The lowest BCUT2D eigenvalue weighted by molar-refractivity contribution is 0.301. The van der Waals surface area contributed by atoms with E-state index in [9.17, 15) is 0 Å². The topological polar surface area (TPSA) is 76.6 Å². The molecule has 2 aromatic heterocycles. The standard InChI is InChI=1S/C30H31N5O/c1-22(15-18-30-32-34-35-33-30)26-12-5-9-23(19-26)7-4-8-24-10-6-13-28(20-24)36-21-27-17-16-25-11-2-3-14-29(25)31-27/h2-3,5-6,9-14,16-17,19-20,22H,4,7-8,15,18,21H2,1H3,(H,32,33,34,35). The van der Waals surface area contributed by atoms with E-state index in [0.717, 1.165) is 60.3 Å². The zero-order valence-corrected chi connectivity index (χ0v) is 20.6. The molecule has 1 atom stereocenters. The first-order valence-corrected chi connectivity index (χ1v) is 12.6. The van der Waals surface area contributed by atoms with Crippen molar-refractivity contribution in [1.82, 2.24) is 25.6 Å². The minimum absolute atomic E-state index is 0.459. The summed E-state index contributed by atoms with van der Waals surface area (Å²) in [6.45, 7) is 2.73. The normalized spacial score (nSPS) is 12.0. The first kappa shape index (κ1) is 23.7. The van der Waals surface area contributed by atoms with E-state index in [-0.39, 0.29) is 0 Å². The molecule has 0 amide bonds. The summed E-state index contributed by atoms with van der Waals surface area (Å²) in [6, 6.07) is 29.7. The highest BCUT2D eigenvalue weighted by Gasteiger charge is 2.09. The van der Waals surface area contributed by atoms with E-state index in [4.69, 9.17) is 9.72 Å². The second-order valence-electron chi connectivity index (χ2n) is 9.32. The summed E-state index contributed by atoms with van der Waals surface area (Å²) in [5.74, 6) is 2.19. The van der Waals surface area contributed by atoms with Crippen LogP contribution in [0.4, 0.5) is 0 Å². The number of ether oxygens (including phenoxy) is 1. The summed E-state index contributed by atoms with van der Waals surface area (Å²) in [5, 5.41) is 15.3. The van der Waals surface area contributed by atoms with E-state index in [1.165, 1.54) is 16.7 Å². The molecule has 2 heterocycles. The average Bonchev–Trinajstić information content (AvgIpc) is 3.45. The van der Waals surface area contributed by atoms with E-state index >= 15 is 0 Å². The quantitative estimate of drug-likeness (QED) is 0.244. The highest BCUT2D eigenvalue weighted by Crippen LogP contribution is 2.23. The van der Waals surface area contributed by atoms with Crippen molar-refractivity contribution in [1.29, 1.82) is 0 Å². The molecule has 0 spiro atoms. The fourth-order valence-electron chi connectivity index (χ4n) is 4.49. The number of H-pyrrole nitrogens is 1. The van der Waals surface area contributed by atoms with Gasteiger partial charge >= 0.3 is 0 Å². The maximum absolute atomic E-state index is 6.06. The van der Waals surface area contributed by atoms with Crippen LogP contribution in [-0.2, 0) is 25.9 Å². The Bertz CT molecular complexity index is 1400. The van der Waals surface area contributed by atoms with E-state index in [2.05, 4.69) is 82.1 Å². The van der Waals surface area contributed by atoms with Gasteiger partial charge in [-0.05, 0) is 83.0 Å². The molecule has 0 aliphatic heterocycles. The number of benzene rings is 3. The Balaban J connectivity index is 1.11. The molecule has 3 aromatic carbocycles. The third kappa shape index (κ3) is 6.33. The first-order valence-electron chi connectivity index (χ1n) is 12.6. The van der Waals surface area contributed by atoms with Gasteiger partial charge in [-0.15, -0.1) is 5.10 Å². The van der Waals surface area contributed by atoms with E-state index in [1.807, 2.05) is 30.3 Å². The highest BCUT2D eigenvalue weighted by atomic mass is 16.5. The molecule has 36 heavy (non-hydrogen) atoms. The van der Waals surface area contributed by atoms with Gasteiger partial charge in [0.05, 0.1) is 11.2 Å².